The molecule has 0 radical (unpaired) electrons. The normalized spacial score (nSPS) is 28.4. The molecule has 0 spiro atoms. The van der Waals surface area contributed by atoms with Crippen molar-refractivity contribution in [2.24, 2.45) is 5.92 Å². The second-order valence-corrected chi connectivity index (χ2v) is 7.23. The van der Waals surface area contributed by atoms with Crippen molar-refractivity contribution in [2.75, 3.05) is 19.8 Å². The van der Waals surface area contributed by atoms with E-state index in [1.165, 1.54) is 17.7 Å². The zero-order valence-electron chi connectivity index (χ0n) is 12.9. The van der Waals surface area contributed by atoms with Gasteiger partial charge in [-0.2, -0.15) is 0 Å². The minimum atomic E-state index is 0.674. The van der Waals surface area contributed by atoms with Crippen molar-refractivity contribution in [3.63, 3.8) is 0 Å². The van der Waals surface area contributed by atoms with Crippen molar-refractivity contribution in [1.29, 1.82) is 0 Å². The summed E-state index contributed by atoms with van der Waals surface area (Å²) >= 11 is 1.99. The van der Waals surface area contributed by atoms with Gasteiger partial charge in [-0.3, -0.25) is 0 Å². The van der Waals surface area contributed by atoms with Crippen LogP contribution in [0.25, 0.3) is 0 Å². The largest absolute Gasteiger partial charge is 0.490 e. The van der Waals surface area contributed by atoms with Gasteiger partial charge in [0, 0.05) is 22.6 Å². The fourth-order valence-electron chi connectivity index (χ4n) is 3.24. The Morgan fingerprint density at radius 1 is 1.19 bits per heavy atom. The van der Waals surface area contributed by atoms with E-state index in [9.17, 15) is 0 Å². The predicted octanol–water partition coefficient (Wildman–Crippen LogP) is 3.72. The molecule has 0 bridgehead atoms. The van der Waals surface area contributed by atoms with Crippen molar-refractivity contribution >= 4 is 11.8 Å². The molecule has 0 saturated heterocycles. The Morgan fingerprint density at radius 3 is 2.81 bits per heavy atom. The number of ether oxygens (including phenoxy) is 2. The summed E-state index contributed by atoms with van der Waals surface area (Å²) in [5.74, 6) is 2.51. The lowest BCUT2D eigenvalue weighted by atomic mass is 10.1. The minimum absolute atomic E-state index is 0.674. The first-order valence-electron chi connectivity index (χ1n) is 8.07. The van der Waals surface area contributed by atoms with Gasteiger partial charge in [-0.15, -0.1) is 11.8 Å². The molecular formula is C17H25NO2S. The number of thioether (sulfide) groups is 1. The third-order valence-corrected chi connectivity index (χ3v) is 5.95. The molecule has 1 heterocycles. The monoisotopic (exact) mass is 307 g/mol. The van der Waals surface area contributed by atoms with Crippen LogP contribution in [-0.4, -0.2) is 31.1 Å². The highest BCUT2D eigenvalue weighted by atomic mass is 32.2. The lowest BCUT2D eigenvalue weighted by Gasteiger charge is -2.21. The molecule has 0 aromatic heterocycles. The van der Waals surface area contributed by atoms with E-state index < -0.39 is 0 Å². The third kappa shape index (κ3) is 3.49. The predicted molar refractivity (Wildman–Crippen MR) is 87.6 cm³/mol. The van der Waals surface area contributed by atoms with E-state index in [0.717, 1.165) is 37.7 Å². The topological polar surface area (TPSA) is 30.5 Å². The quantitative estimate of drug-likeness (QED) is 0.918. The van der Waals surface area contributed by atoms with Gasteiger partial charge in [0.05, 0.1) is 13.2 Å². The van der Waals surface area contributed by atoms with E-state index in [-0.39, 0.29) is 0 Å². The van der Waals surface area contributed by atoms with E-state index in [0.29, 0.717) is 17.2 Å². The highest BCUT2D eigenvalue weighted by Gasteiger charge is 2.32. The number of hydrogen-bond donors (Lipinski definition) is 1. The van der Waals surface area contributed by atoms with Gasteiger partial charge in [0.25, 0.3) is 0 Å². The molecule has 116 valence electrons. The highest BCUT2D eigenvalue weighted by molar-refractivity contribution is 8.00. The lowest BCUT2D eigenvalue weighted by molar-refractivity contribution is 0.297. The van der Waals surface area contributed by atoms with E-state index in [4.69, 9.17) is 9.47 Å². The number of rotatable bonds is 4. The minimum Gasteiger partial charge on any atom is -0.490 e. The van der Waals surface area contributed by atoms with Gasteiger partial charge in [0.15, 0.2) is 11.5 Å². The summed E-state index contributed by atoms with van der Waals surface area (Å²) in [6.07, 6.45) is 3.54. The molecule has 21 heavy (non-hydrogen) atoms. The van der Waals surface area contributed by atoms with Crippen LogP contribution in [0.1, 0.15) is 33.1 Å². The number of hydrogen-bond acceptors (Lipinski definition) is 4. The van der Waals surface area contributed by atoms with Crippen molar-refractivity contribution in [1.82, 2.24) is 5.32 Å². The maximum Gasteiger partial charge on any atom is 0.162 e. The smallest absolute Gasteiger partial charge is 0.162 e. The van der Waals surface area contributed by atoms with Gasteiger partial charge in [0.1, 0.15) is 0 Å². The second-order valence-electron chi connectivity index (χ2n) is 5.92. The molecule has 1 saturated carbocycles. The molecule has 1 N–H and O–H groups in total. The van der Waals surface area contributed by atoms with Crippen LogP contribution in [0.15, 0.2) is 23.1 Å². The first-order valence-corrected chi connectivity index (χ1v) is 8.95. The molecule has 1 fully saturated rings. The second kappa shape index (κ2) is 6.93. The molecule has 1 aliphatic heterocycles. The van der Waals surface area contributed by atoms with Gasteiger partial charge in [0.2, 0.25) is 0 Å². The molecule has 2 aliphatic rings. The average molecular weight is 307 g/mol. The Labute approximate surface area is 131 Å². The zero-order chi connectivity index (χ0) is 14.7. The molecule has 3 atom stereocenters. The van der Waals surface area contributed by atoms with Gasteiger partial charge in [-0.25, -0.2) is 0 Å². The molecule has 1 aromatic rings. The van der Waals surface area contributed by atoms with Crippen molar-refractivity contribution < 1.29 is 9.47 Å². The summed E-state index contributed by atoms with van der Waals surface area (Å²) in [7, 11) is 0. The fourth-order valence-corrected chi connectivity index (χ4v) is 4.57. The summed E-state index contributed by atoms with van der Waals surface area (Å²) in [6, 6.07) is 7.06. The number of fused-ring (bicyclic) bond motifs is 1. The maximum atomic E-state index is 5.79. The molecule has 1 aliphatic carbocycles. The Kier molecular flexibility index (Phi) is 4.96. The van der Waals surface area contributed by atoms with Crippen LogP contribution in [0.2, 0.25) is 0 Å². The maximum absolute atomic E-state index is 5.79. The van der Waals surface area contributed by atoms with Gasteiger partial charge >= 0.3 is 0 Å². The first-order chi connectivity index (χ1) is 10.3. The van der Waals surface area contributed by atoms with Crippen molar-refractivity contribution in [2.45, 2.75) is 49.3 Å². The molecular weight excluding hydrogens is 282 g/mol. The molecule has 3 rings (SSSR count). The van der Waals surface area contributed by atoms with Gasteiger partial charge < -0.3 is 14.8 Å². The van der Waals surface area contributed by atoms with Gasteiger partial charge in [-0.05, 0) is 43.5 Å². The van der Waals surface area contributed by atoms with Crippen LogP contribution in [-0.2, 0) is 0 Å². The summed E-state index contributed by atoms with van der Waals surface area (Å²) in [6.45, 7) is 7.14. The van der Waals surface area contributed by atoms with E-state index in [1.54, 1.807) is 0 Å². The first kappa shape index (κ1) is 15.0. The third-order valence-electron chi connectivity index (χ3n) is 4.46. The Morgan fingerprint density at radius 2 is 2.00 bits per heavy atom. The zero-order valence-corrected chi connectivity index (χ0v) is 13.7. The molecule has 3 unspecified atom stereocenters. The molecule has 4 heteroatoms. The summed E-state index contributed by atoms with van der Waals surface area (Å²) in [5.41, 5.74) is 0. The van der Waals surface area contributed by atoms with E-state index in [2.05, 4.69) is 37.4 Å². The lowest BCUT2D eigenvalue weighted by Crippen LogP contribution is -2.32. The summed E-state index contributed by atoms with van der Waals surface area (Å²) in [5, 5.41) is 4.30. The fraction of sp³-hybridized carbons (Fsp3) is 0.647. The van der Waals surface area contributed by atoms with Crippen LogP contribution in [0.3, 0.4) is 0 Å². The van der Waals surface area contributed by atoms with E-state index in [1.807, 2.05) is 11.8 Å². The Balaban J connectivity index is 1.67. The average Bonchev–Trinajstić information content (AvgIpc) is 2.71. The SMILES string of the molecule is CCNC1CCC(Sc2ccc3c(c2)OCCCO3)C1C. The summed E-state index contributed by atoms with van der Waals surface area (Å²) < 4.78 is 11.5. The van der Waals surface area contributed by atoms with Crippen LogP contribution in [0, 0.1) is 5.92 Å². The Bertz CT molecular complexity index is 480. The molecule has 3 nitrogen and oxygen atoms in total. The molecule has 0 amide bonds. The summed E-state index contributed by atoms with van der Waals surface area (Å²) in [4.78, 5) is 1.30. The number of nitrogens with one attached hydrogen (secondary N) is 1. The van der Waals surface area contributed by atoms with E-state index >= 15 is 0 Å². The van der Waals surface area contributed by atoms with Crippen molar-refractivity contribution in [3.8, 4) is 11.5 Å². The van der Waals surface area contributed by atoms with Crippen LogP contribution < -0.4 is 14.8 Å². The highest BCUT2D eigenvalue weighted by Crippen LogP contribution is 2.41. The number of benzene rings is 1. The van der Waals surface area contributed by atoms with Crippen LogP contribution in [0.4, 0.5) is 0 Å². The van der Waals surface area contributed by atoms with Crippen LogP contribution in [0.5, 0.6) is 11.5 Å². The van der Waals surface area contributed by atoms with Crippen molar-refractivity contribution in [3.05, 3.63) is 18.2 Å². The van der Waals surface area contributed by atoms with Gasteiger partial charge in [-0.1, -0.05) is 13.8 Å². The Hall–Kier alpha value is -0.870. The molecule has 1 aromatic carbocycles. The van der Waals surface area contributed by atoms with Crippen LogP contribution >= 0.6 is 11.8 Å². The standard InChI is InChI=1S/C17H25NO2S/c1-3-18-14-6-8-17(12(14)2)21-13-5-7-15-16(11-13)20-10-4-9-19-15/h5,7,11-12,14,17-18H,3-4,6,8-10H2,1-2H3.